The molecule has 0 saturated carbocycles. The van der Waals surface area contributed by atoms with Gasteiger partial charge in [0, 0.05) is 11.3 Å². The van der Waals surface area contributed by atoms with Crippen LogP contribution in [-0.4, -0.2) is 24.2 Å². The van der Waals surface area contributed by atoms with Crippen LogP contribution in [0.5, 0.6) is 11.5 Å². The second-order valence-electron chi connectivity index (χ2n) is 4.41. The molecule has 106 valence electrons. The molecule has 20 heavy (non-hydrogen) atoms. The van der Waals surface area contributed by atoms with Crippen LogP contribution in [0.3, 0.4) is 0 Å². The summed E-state index contributed by atoms with van der Waals surface area (Å²) in [7, 11) is 3.23. The van der Waals surface area contributed by atoms with Crippen molar-refractivity contribution in [3.63, 3.8) is 0 Å². The Hall–Kier alpha value is -1.88. The lowest BCUT2D eigenvalue weighted by molar-refractivity contribution is 0.355. The predicted octanol–water partition coefficient (Wildman–Crippen LogP) is 3.78. The third kappa shape index (κ3) is 3.17. The van der Waals surface area contributed by atoms with Gasteiger partial charge in [0.2, 0.25) is 0 Å². The molecule has 2 rings (SSSR count). The van der Waals surface area contributed by atoms with E-state index in [0.717, 1.165) is 29.9 Å². The molecule has 1 heterocycles. The van der Waals surface area contributed by atoms with Crippen LogP contribution in [-0.2, 0) is 6.42 Å². The molecule has 0 amide bonds. The number of aromatic nitrogens is 2. The number of aryl methyl sites for hydroxylation is 1. The molecule has 0 atom stereocenters. The fourth-order valence-corrected chi connectivity index (χ4v) is 2.27. The van der Waals surface area contributed by atoms with E-state index in [-0.39, 0.29) is 0 Å². The van der Waals surface area contributed by atoms with Gasteiger partial charge in [0.15, 0.2) is 11.5 Å². The molecule has 5 heteroatoms. The normalized spacial score (nSPS) is 10.3. The van der Waals surface area contributed by atoms with Gasteiger partial charge >= 0.3 is 0 Å². The highest BCUT2D eigenvalue weighted by Gasteiger charge is 2.08. The zero-order valence-corrected chi connectivity index (χ0v) is 12.7. The van der Waals surface area contributed by atoms with Crippen molar-refractivity contribution in [1.82, 2.24) is 9.97 Å². The third-order valence-corrected chi connectivity index (χ3v) is 3.18. The molecule has 0 bridgehead atoms. The summed E-state index contributed by atoms with van der Waals surface area (Å²) in [5.74, 6) is 2.12. The highest BCUT2D eigenvalue weighted by molar-refractivity contribution is 7.71. The Balaban J connectivity index is 2.48. The van der Waals surface area contributed by atoms with Gasteiger partial charge in [-0.25, -0.2) is 4.98 Å². The molecule has 0 unspecified atom stereocenters. The molecule has 0 spiro atoms. The number of nitrogens with one attached hydrogen (secondary N) is 1. The van der Waals surface area contributed by atoms with Crippen LogP contribution in [0.4, 0.5) is 0 Å². The van der Waals surface area contributed by atoms with Crippen LogP contribution in [0.2, 0.25) is 0 Å². The number of hydrogen-bond donors (Lipinski definition) is 1. The largest absolute Gasteiger partial charge is 0.493 e. The number of H-pyrrole nitrogens is 1. The maximum atomic E-state index is 5.31. The first kappa shape index (κ1) is 14.5. The molecule has 0 radical (unpaired) electrons. The molecule has 2 aromatic rings. The fraction of sp³-hybridized carbons (Fsp3) is 0.333. The van der Waals surface area contributed by atoms with E-state index in [1.54, 1.807) is 14.2 Å². The topological polar surface area (TPSA) is 47.1 Å². The SMILES string of the molecule is CCCc1cc(=S)nc(-c2ccc(OC)c(OC)c2)[nH]1. The van der Waals surface area contributed by atoms with Crippen LogP contribution < -0.4 is 9.47 Å². The van der Waals surface area contributed by atoms with Crippen molar-refractivity contribution >= 4 is 12.2 Å². The highest BCUT2D eigenvalue weighted by atomic mass is 32.1. The maximum Gasteiger partial charge on any atom is 0.161 e. The van der Waals surface area contributed by atoms with Crippen LogP contribution in [0.1, 0.15) is 19.0 Å². The number of benzene rings is 1. The van der Waals surface area contributed by atoms with Gasteiger partial charge in [-0.15, -0.1) is 0 Å². The Bertz CT molecular complexity index is 653. The Morgan fingerprint density at radius 1 is 1.15 bits per heavy atom. The average molecular weight is 290 g/mol. The van der Waals surface area contributed by atoms with Crippen LogP contribution in [0.15, 0.2) is 24.3 Å². The minimum absolute atomic E-state index is 0.594. The number of aromatic amines is 1. The van der Waals surface area contributed by atoms with E-state index in [0.29, 0.717) is 16.1 Å². The van der Waals surface area contributed by atoms with Gasteiger partial charge < -0.3 is 14.5 Å². The Morgan fingerprint density at radius 2 is 1.90 bits per heavy atom. The minimum atomic E-state index is 0.594. The number of rotatable bonds is 5. The van der Waals surface area contributed by atoms with E-state index in [4.69, 9.17) is 21.7 Å². The van der Waals surface area contributed by atoms with E-state index in [1.807, 2.05) is 24.3 Å². The van der Waals surface area contributed by atoms with Crippen molar-refractivity contribution in [3.05, 3.63) is 34.6 Å². The van der Waals surface area contributed by atoms with Crippen molar-refractivity contribution in [2.45, 2.75) is 19.8 Å². The first-order valence-corrected chi connectivity index (χ1v) is 6.91. The van der Waals surface area contributed by atoms with Crippen LogP contribution >= 0.6 is 12.2 Å². The van der Waals surface area contributed by atoms with Gasteiger partial charge in [-0.1, -0.05) is 25.6 Å². The summed E-state index contributed by atoms with van der Waals surface area (Å²) in [6, 6.07) is 7.59. The van der Waals surface area contributed by atoms with Crippen molar-refractivity contribution in [2.24, 2.45) is 0 Å². The van der Waals surface area contributed by atoms with Gasteiger partial charge in [-0.05, 0) is 30.7 Å². The first-order valence-electron chi connectivity index (χ1n) is 6.50. The molecular weight excluding hydrogens is 272 g/mol. The molecule has 0 aliphatic carbocycles. The monoisotopic (exact) mass is 290 g/mol. The molecular formula is C15H18N2O2S. The van der Waals surface area contributed by atoms with E-state index in [1.165, 1.54) is 0 Å². The summed E-state index contributed by atoms with van der Waals surface area (Å²) in [5, 5.41) is 0. The predicted molar refractivity (Wildman–Crippen MR) is 82.0 cm³/mol. The van der Waals surface area contributed by atoms with Crippen molar-refractivity contribution in [1.29, 1.82) is 0 Å². The molecule has 4 nitrogen and oxygen atoms in total. The zero-order valence-electron chi connectivity index (χ0n) is 11.9. The quantitative estimate of drug-likeness (QED) is 0.851. The molecule has 0 fully saturated rings. The Kier molecular flexibility index (Phi) is 4.74. The van der Waals surface area contributed by atoms with Gasteiger partial charge in [0.25, 0.3) is 0 Å². The molecule has 1 aromatic carbocycles. The lowest BCUT2D eigenvalue weighted by Gasteiger charge is -2.10. The first-order chi connectivity index (χ1) is 9.67. The second kappa shape index (κ2) is 6.52. The van der Waals surface area contributed by atoms with Crippen molar-refractivity contribution < 1.29 is 9.47 Å². The summed E-state index contributed by atoms with van der Waals surface area (Å²) < 4.78 is 11.1. The summed E-state index contributed by atoms with van der Waals surface area (Å²) in [4.78, 5) is 7.70. The molecule has 1 N–H and O–H groups in total. The molecule has 1 aromatic heterocycles. The zero-order chi connectivity index (χ0) is 14.5. The average Bonchev–Trinajstić information content (AvgIpc) is 2.46. The number of ether oxygens (including phenoxy) is 2. The van der Waals surface area contributed by atoms with Crippen LogP contribution in [0, 0.1) is 4.64 Å². The van der Waals surface area contributed by atoms with Crippen molar-refractivity contribution in [3.8, 4) is 22.9 Å². The summed E-state index contributed by atoms with van der Waals surface area (Å²) in [5.41, 5.74) is 2.02. The number of methoxy groups -OCH3 is 2. The van der Waals surface area contributed by atoms with E-state index in [9.17, 15) is 0 Å². The van der Waals surface area contributed by atoms with E-state index < -0.39 is 0 Å². The number of nitrogens with zero attached hydrogens (tertiary/aromatic N) is 1. The molecule has 0 aliphatic heterocycles. The summed E-state index contributed by atoms with van der Waals surface area (Å²) >= 11 is 5.22. The van der Waals surface area contributed by atoms with Crippen LogP contribution in [0.25, 0.3) is 11.4 Å². The number of hydrogen-bond acceptors (Lipinski definition) is 4. The Morgan fingerprint density at radius 3 is 2.55 bits per heavy atom. The van der Waals surface area contributed by atoms with E-state index in [2.05, 4.69) is 16.9 Å². The second-order valence-corrected chi connectivity index (χ2v) is 4.83. The van der Waals surface area contributed by atoms with Gasteiger partial charge in [0.05, 0.1) is 14.2 Å². The molecule has 0 saturated heterocycles. The maximum absolute atomic E-state index is 5.31. The van der Waals surface area contributed by atoms with Gasteiger partial charge in [-0.2, -0.15) is 0 Å². The van der Waals surface area contributed by atoms with E-state index >= 15 is 0 Å². The summed E-state index contributed by atoms with van der Waals surface area (Å²) in [6.45, 7) is 2.13. The van der Waals surface area contributed by atoms with Gasteiger partial charge in [-0.3, -0.25) is 0 Å². The van der Waals surface area contributed by atoms with Gasteiger partial charge in [0.1, 0.15) is 10.5 Å². The fourth-order valence-electron chi connectivity index (χ4n) is 2.03. The molecule has 0 aliphatic rings. The highest BCUT2D eigenvalue weighted by Crippen LogP contribution is 2.31. The van der Waals surface area contributed by atoms with Crippen molar-refractivity contribution in [2.75, 3.05) is 14.2 Å². The third-order valence-electron chi connectivity index (χ3n) is 2.97. The standard InChI is InChI=1S/C15H18N2O2S/c1-4-5-11-9-14(20)17-15(16-11)10-6-7-12(18-2)13(8-10)19-3/h6-9H,4-5H2,1-3H3,(H,16,17,20). The lowest BCUT2D eigenvalue weighted by atomic mass is 10.1. The lowest BCUT2D eigenvalue weighted by Crippen LogP contribution is -1.97. The minimum Gasteiger partial charge on any atom is -0.493 e. The smallest absolute Gasteiger partial charge is 0.161 e. The summed E-state index contributed by atoms with van der Waals surface area (Å²) in [6.07, 6.45) is 2.01. The Labute approximate surface area is 123 Å².